The van der Waals surface area contributed by atoms with Gasteiger partial charge in [-0.3, -0.25) is 0 Å². The fraction of sp³-hybridized carbons (Fsp3) is 0.294. The predicted molar refractivity (Wildman–Crippen MR) is 81.3 cm³/mol. The Morgan fingerprint density at radius 3 is 2.48 bits per heavy atom. The maximum atomic E-state index is 14.1. The van der Waals surface area contributed by atoms with E-state index in [2.05, 4.69) is 5.32 Å². The minimum absolute atomic E-state index is 0.0976. The summed E-state index contributed by atoms with van der Waals surface area (Å²) < 4.78 is 24.7. The molecule has 2 aromatic carbocycles. The minimum Gasteiger partial charge on any atom is -0.497 e. The number of nitrogens with one attached hydrogen (secondary N) is 1. The molecular formula is C17H20FNO2. The lowest BCUT2D eigenvalue weighted by molar-refractivity contribution is 0.288. The Morgan fingerprint density at radius 1 is 1.10 bits per heavy atom. The normalized spacial score (nSPS) is 12.0. The summed E-state index contributed by atoms with van der Waals surface area (Å²) >= 11 is 0. The van der Waals surface area contributed by atoms with Crippen molar-refractivity contribution >= 4 is 0 Å². The first-order valence-electron chi connectivity index (χ1n) is 6.93. The van der Waals surface area contributed by atoms with Crippen LogP contribution in [0.5, 0.6) is 11.5 Å². The van der Waals surface area contributed by atoms with Gasteiger partial charge in [-0.1, -0.05) is 24.3 Å². The first-order chi connectivity index (χ1) is 10.2. The van der Waals surface area contributed by atoms with E-state index in [1.165, 1.54) is 13.2 Å². The maximum Gasteiger partial charge on any atom is 0.131 e. The highest BCUT2D eigenvalue weighted by Gasteiger charge is 2.14. The second kappa shape index (κ2) is 7.64. The van der Waals surface area contributed by atoms with Crippen molar-refractivity contribution in [1.29, 1.82) is 0 Å². The Hall–Kier alpha value is -2.07. The molecule has 0 bridgehead atoms. The maximum absolute atomic E-state index is 14.1. The lowest BCUT2D eigenvalue weighted by Crippen LogP contribution is -2.20. The van der Waals surface area contributed by atoms with Crippen LogP contribution in [0.4, 0.5) is 4.39 Å². The van der Waals surface area contributed by atoms with Crippen LogP contribution in [-0.4, -0.2) is 20.8 Å². The minimum atomic E-state index is -0.270. The molecule has 0 aliphatic carbocycles. The lowest BCUT2D eigenvalue weighted by atomic mass is 10.0. The van der Waals surface area contributed by atoms with E-state index < -0.39 is 0 Å². The van der Waals surface area contributed by atoms with Gasteiger partial charge in [0.1, 0.15) is 17.3 Å². The van der Waals surface area contributed by atoms with Crippen LogP contribution >= 0.6 is 0 Å². The highest BCUT2D eigenvalue weighted by Crippen LogP contribution is 2.24. The molecule has 1 atom stereocenters. The SMILES string of the molecule is CNC(CCOc1ccccc1)c1ccc(OC)cc1F. The third kappa shape index (κ3) is 4.20. The molecule has 0 aliphatic rings. The molecule has 4 heteroatoms. The number of methoxy groups -OCH3 is 1. The zero-order chi connectivity index (χ0) is 15.1. The van der Waals surface area contributed by atoms with E-state index in [9.17, 15) is 4.39 Å². The standard InChI is InChI=1S/C17H20FNO2/c1-19-17(10-11-21-13-6-4-3-5-7-13)15-9-8-14(20-2)12-16(15)18/h3-9,12,17,19H,10-11H2,1-2H3. The Kier molecular flexibility index (Phi) is 5.58. The van der Waals surface area contributed by atoms with Crippen molar-refractivity contribution in [1.82, 2.24) is 5.32 Å². The van der Waals surface area contributed by atoms with Crippen molar-refractivity contribution in [3.8, 4) is 11.5 Å². The molecule has 21 heavy (non-hydrogen) atoms. The van der Waals surface area contributed by atoms with Crippen LogP contribution in [-0.2, 0) is 0 Å². The van der Waals surface area contributed by atoms with Crippen LogP contribution < -0.4 is 14.8 Å². The van der Waals surface area contributed by atoms with Gasteiger partial charge in [0.15, 0.2) is 0 Å². The van der Waals surface area contributed by atoms with Gasteiger partial charge in [-0.25, -0.2) is 4.39 Å². The van der Waals surface area contributed by atoms with Gasteiger partial charge in [-0.05, 0) is 25.2 Å². The molecule has 1 N–H and O–H groups in total. The van der Waals surface area contributed by atoms with Crippen LogP contribution in [0.2, 0.25) is 0 Å². The smallest absolute Gasteiger partial charge is 0.131 e. The molecule has 1 unspecified atom stereocenters. The van der Waals surface area contributed by atoms with Crippen LogP contribution in [0, 0.1) is 5.82 Å². The van der Waals surface area contributed by atoms with E-state index >= 15 is 0 Å². The van der Waals surface area contributed by atoms with Crippen molar-refractivity contribution in [3.05, 3.63) is 59.9 Å². The van der Waals surface area contributed by atoms with Gasteiger partial charge in [0, 0.05) is 24.1 Å². The zero-order valence-corrected chi connectivity index (χ0v) is 12.3. The second-order valence-corrected chi connectivity index (χ2v) is 4.68. The molecule has 0 radical (unpaired) electrons. The molecule has 2 rings (SSSR count). The van der Waals surface area contributed by atoms with Gasteiger partial charge in [-0.15, -0.1) is 0 Å². The van der Waals surface area contributed by atoms with E-state index in [1.54, 1.807) is 12.1 Å². The average Bonchev–Trinajstić information content (AvgIpc) is 2.53. The van der Waals surface area contributed by atoms with Crippen molar-refractivity contribution in [2.75, 3.05) is 20.8 Å². The number of rotatable bonds is 7. The summed E-state index contributed by atoms with van der Waals surface area (Å²) in [6.07, 6.45) is 0.675. The van der Waals surface area contributed by atoms with Gasteiger partial charge in [0.05, 0.1) is 13.7 Å². The van der Waals surface area contributed by atoms with Crippen molar-refractivity contribution in [3.63, 3.8) is 0 Å². The molecule has 0 saturated carbocycles. The van der Waals surface area contributed by atoms with E-state index in [4.69, 9.17) is 9.47 Å². The molecule has 0 amide bonds. The molecule has 2 aromatic rings. The highest BCUT2D eigenvalue weighted by molar-refractivity contribution is 5.31. The zero-order valence-electron chi connectivity index (χ0n) is 12.3. The Morgan fingerprint density at radius 2 is 1.86 bits per heavy atom. The Labute approximate surface area is 124 Å². The molecule has 0 heterocycles. The average molecular weight is 289 g/mol. The van der Waals surface area contributed by atoms with Crippen molar-refractivity contribution in [2.45, 2.75) is 12.5 Å². The van der Waals surface area contributed by atoms with E-state index in [1.807, 2.05) is 37.4 Å². The third-order valence-corrected chi connectivity index (χ3v) is 3.35. The van der Waals surface area contributed by atoms with Gasteiger partial charge in [0.2, 0.25) is 0 Å². The molecule has 112 valence electrons. The topological polar surface area (TPSA) is 30.5 Å². The Balaban J connectivity index is 1.96. The fourth-order valence-corrected chi connectivity index (χ4v) is 2.18. The van der Waals surface area contributed by atoms with Crippen LogP contribution in [0.15, 0.2) is 48.5 Å². The van der Waals surface area contributed by atoms with Crippen LogP contribution in [0.3, 0.4) is 0 Å². The fourth-order valence-electron chi connectivity index (χ4n) is 2.18. The molecule has 0 aromatic heterocycles. The number of halogens is 1. The number of hydrogen-bond acceptors (Lipinski definition) is 3. The van der Waals surface area contributed by atoms with Crippen molar-refractivity contribution in [2.24, 2.45) is 0 Å². The van der Waals surface area contributed by atoms with Gasteiger partial charge >= 0.3 is 0 Å². The molecule has 0 fully saturated rings. The molecule has 0 spiro atoms. The third-order valence-electron chi connectivity index (χ3n) is 3.35. The summed E-state index contributed by atoms with van der Waals surface area (Å²) in [5, 5.41) is 3.12. The van der Waals surface area contributed by atoms with Gasteiger partial charge < -0.3 is 14.8 Å². The van der Waals surface area contributed by atoms with Gasteiger partial charge in [-0.2, -0.15) is 0 Å². The first kappa shape index (κ1) is 15.3. The monoisotopic (exact) mass is 289 g/mol. The largest absolute Gasteiger partial charge is 0.497 e. The molecule has 0 saturated heterocycles. The summed E-state index contributed by atoms with van der Waals surface area (Å²) in [6, 6.07) is 14.4. The molecule has 3 nitrogen and oxygen atoms in total. The lowest BCUT2D eigenvalue weighted by Gasteiger charge is -2.18. The number of hydrogen-bond donors (Lipinski definition) is 1. The number of para-hydroxylation sites is 1. The van der Waals surface area contributed by atoms with E-state index in [0.717, 1.165) is 5.75 Å². The quantitative estimate of drug-likeness (QED) is 0.845. The predicted octanol–water partition coefficient (Wildman–Crippen LogP) is 3.56. The second-order valence-electron chi connectivity index (χ2n) is 4.68. The number of ether oxygens (including phenoxy) is 2. The van der Waals surface area contributed by atoms with Gasteiger partial charge in [0.25, 0.3) is 0 Å². The number of benzene rings is 2. The first-order valence-corrected chi connectivity index (χ1v) is 6.93. The summed E-state index contributed by atoms with van der Waals surface area (Å²) in [4.78, 5) is 0. The van der Waals surface area contributed by atoms with E-state index in [0.29, 0.717) is 24.3 Å². The molecule has 0 aliphatic heterocycles. The summed E-state index contributed by atoms with van der Waals surface area (Å²) in [7, 11) is 3.34. The van der Waals surface area contributed by atoms with Crippen molar-refractivity contribution < 1.29 is 13.9 Å². The molecular weight excluding hydrogens is 269 g/mol. The highest BCUT2D eigenvalue weighted by atomic mass is 19.1. The van der Waals surface area contributed by atoms with Crippen LogP contribution in [0.25, 0.3) is 0 Å². The summed E-state index contributed by atoms with van der Waals surface area (Å²) in [6.45, 7) is 0.515. The Bertz CT molecular complexity index is 560. The summed E-state index contributed by atoms with van der Waals surface area (Å²) in [5.41, 5.74) is 0.620. The summed E-state index contributed by atoms with van der Waals surface area (Å²) in [5.74, 6) is 1.07. The van der Waals surface area contributed by atoms with E-state index in [-0.39, 0.29) is 11.9 Å². The van der Waals surface area contributed by atoms with Crippen LogP contribution in [0.1, 0.15) is 18.0 Å².